The second-order valence-corrected chi connectivity index (χ2v) is 7.01. The van der Waals surface area contributed by atoms with Gasteiger partial charge >= 0.3 is 5.97 Å². The van der Waals surface area contributed by atoms with Gasteiger partial charge in [-0.05, 0) is 37.8 Å². The molecule has 1 aromatic carbocycles. The number of carbonyl (C=O) groups excluding carboxylic acids is 1. The topological polar surface area (TPSA) is 26.3 Å². The van der Waals surface area contributed by atoms with Crippen LogP contribution in [0.5, 0.6) is 0 Å². The summed E-state index contributed by atoms with van der Waals surface area (Å²) >= 11 is 3.41. The van der Waals surface area contributed by atoms with Gasteiger partial charge in [-0.3, -0.25) is 4.79 Å². The first-order valence-electron chi connectivity index (χ1n) is 6.42. The van der Waals surface area contributed by atoms with Crippen LogP contribution in [0.15, 0.2) is 34.1 Å². The van der Waals surface area contributed by atoms with E-state index in [1.165, 1.54) is 22.6 Å². The van der Waals surface area contributed by atoms with Crippen molar-refractivity contribution in [2.45, 2.75) is 46.8 Å². The number of esters is 1. The average molecular weight is 280 g/mol. The van der Waals surface area contributed by atoms with E-state index < -0.39 is 0 Å². The molecule has 0 spiro atoms. The van der Waals surface area contributed by atoms with Crippen LogP contribution in [0.1, 0.15) is 25.7 Å². The minimum Gasteiger partial charge on any atom is -0.462 e. The zero-order chi connectivity index (χ0) is 12.4. The molecule has 0 saturated heterocycles. The third-order valence-electron chi connectivity index (χ3n) is 3.36. The summed E-state index contributed by atoms with van der Waals surface area (Å²) < 4.78 is 5.59. The molecule has 0 aromatic heterocycles. The van der Waals surface area contributed by atoms with E-state index in [9.17, 15) is 4.79 Å². The number of thioether (sulfide) groups is 2. The number of rotatable bonds is 2. The molecule has 96 valence electrons. The highest BCUT2D eigenvalue weighted by Gasteiger charge is 2.29. The Morgan fingerprint density at radius 3 is 2.67 bits per heavy atom. The zero-order valence-corrected chi connectivity index (χ0v) is 11.8. The van der Waals surface area contributed by atoms with Crippen LogP contribution in [0.25, 0.3) is 0 Å². The molecule has 2 nitrogen and oxygen atoms in total. The fourth-order valence-electron chi connectivity index (χ4n) is 2.38. The summed E-state index contributed by atoms with van der Waals surface area (Å²) in [6.07, 6.45) is 4.68. The van der Waals surface area contributed by atoms with Crippen molar-refractivity contribution in [1.29, 1.82) is 0 Å². The molecule has 0 radical (unpaired) electrons. The maximum atomic E-state index is 12.1. The number of fused-ring (bicyclic) bond motifs is 1. The van der Waals surface area contributed by atoms with E-state index in [0.717, 1.165) is 18.6 Å². The molecule has 1 aliphatic heterocycles. The van der Waals surface area contributed by atoms with E-state index in [1.807, 2.05) is 12.1 Å². The molecule has 0 N–H and O–H groups in total. The minimum atomic E-state index is -0.0366. The smallest absolute Gasteiger partial charge is 0.320 e. The van der Waals surface area contributed by atoms with Crippen LogP contribution < -0.4 is 0 Å². The van der Waals surface area contributed by atoms with Crippen LogP contribution >= 0.6 is 23.5 Å². The predicted octanol–water partition coefficient (Wildman–Crippen LogP) is 3.74. The average Bonchev–Trinajstić information content (AvgIpc) is 2.91. The molecule has 3 rings (SSSR count). The van der Waals surface area contributed by atoms with Crippen LogP contribution in [0.2, 0.25) is 0 Å². The summed E-state index contributed by atoms with van der Waals surface area (Å²) in [5.41, 5.74) is 0. The first kappa shape index (κ1) is 12.4. The molecular weight excluding hydrogens is 264 g/mol. The van der Waals surface area contributed by atoms with Gasteiger partial charge in [0.05, 0.1) is 0 Å². The molecule has 1 heterocycles. The Morgan fingerprint density at radius 1 is 1.17 bits per heavy atom. The van der Waals surface area contributed by atoms with Gasteiger partial charge < -0.3 is 4.74 Å². The molecule has 1 fully saturated rings. The molecular formula is C14H16O2S2. The van der Waals surface area contributed by atoms with E-state index in [0.29, 0.717) is 0 Å². The van der Waals surface area contributed by atoms with Crippen molar-refractivity contribution in [3.8, 4) is 0 Å². The van der Waals surface area contributed by atoms with Gasteiger partial charge in [0, 0.05) is 15.5 Å². The highest BCUT2D eigenvalue weighted by atomic mass is 32.2. The summed E-state index contributed by atoms with van der Waals surface area (Å²) in [4.78, 5) is 14.6. The number of benzene rings is 1. The lowest BCUT2D eigenvalue weighted by Gasteiger charge is -2.23. The lowest BCUT2D eigenvalue weighted by Crippen LogP contribution is -2.27. The normalized spacial score (nSPS) is 23.7. The fraction of sp³-hybridized carbons (Fsp3) is 0.500. The van der Waals surface area contributed by atoms with Crippen molar-refractivity contribution in [2.75, 3.05) is 5.75 Å². The molecule has 1 aliphatic carbocycles. The van der Waals surface area contributed by atoms with E-state index >= 15 is 0 Å². The summed E-state index contributed by atoms with van der Waals surface area (Å²) in [7, 11) is 0. The predicted molar refractivity (Wildman–Crippen MR) is 75.2 cm³/mol. The Kier molecular flexibility index (Phi) is 3.85. The van der Waals surface area contributed by atoms with Crippen LogP contribution in [-0.2, 0) is 9.53 Å². The Labute approximate surface area is 116 Å². The lowest BCUT2D eigenvalue weighted by atomic mass is 10.3. The van der Waals surface area contributed by atoms with Gasteiger partial charge in [0.25, 0.3) is 0 Å². The van der Waals surface area contributed by atoms with Gasteiger partial charge in [-0.25, -0.2) is 0 Å². The molecule has 0 bridgehead atoms. The van der Waals surface area contributed by atoms with E-state index in [2.05, 4.69) is 12.1 Å². The van der Waals surface area contributed by atoms with Gasteiger partial charge in [0.15, 0.2) is 0 Å². The summed E-state index contributed by atoms with van der Waals surface area (Å²) in [5, 5.41) is -0.0366. The molecule has 1 saturated carbocycles. The van der Waals surface area contributed by atoms with E-state index in [-0.39, 0.29) is 17.3 Å². The van der Waals surface area contributed by atoms with Crippen LogP contribution in [0.3, 0.4) is 0 Å². The maximum Gasteiger partial charge on any atom is 0.320 e. The third-order valence-corrected chi connectivity index (χ3v) is 6.12. The SMILES string of the molecule is O=C(OC1CCCC1)C1CSc2ccccc2S1. The van der Waals surface area contributed by atoms with Gasteiger partial charge in [-0.15, -0.1) is 23.5 Å². The number of carbonyl (C=O) groups is 1. The number of hydrogen-bond donors (Lipinski definition) is 0. The molecule has 1 unspecified atom stereocenters. The monoisotopic (exact) mass is 280 g/mol. The van der Waals surface area contributed by atoms with Crippen molar-refractivity contribution < 1.29 is 9.53 Å². The van der Waals surface area contributed by atoms with E-state index in [4.69, 9.17) is 4.74 Å². The molecule has 0 amide bonds. The van der Waals surface area contributed by atoms with Gasteiger partial charge in [0.1, 0.15) is 11.4 Å². The van der Waals surface area contributed by atoms with Crippen molar-refractivity contribution in [2.24, 2.45) is 0 Å². The summed E-state index contributed by atoms with van der Waals surface area (Å²) in [6.45, 7) is 0. The number of ether oxygens (including phenoxy) is 1. The Balaban J connectivity index is 1.62. The largest absolute Gasteiger partial charge is 0.462 e. The van der Waals surface area contributed by atoms with Crippen molar-refractivity contribution in [1.82, 2.24) is 0 Å². The van der Waals surface area contributed by atoms with Crippen molar-refractivity contribution >= 4 is 29.5 Å². The Morgan fingerprint density at radius 2 is 1.89 bits per heavy atom. The van der Waals surface area contributed by atoms with Crippen LogP contribution in [0, 0.1) is 0 Å². The number of hydrogen-bond acceptors (Lipinski definition) is 4. The molecule has 2 aliphatic rings. The molecule has 4 heteroatoms. The summed E-state index contributed by atoms with van der Waals surface area (Å²) in [5.74, 6) is 0.807. The van der Waals surface area contributed by atoms with Crippen LogP contribution in [0.4, 0.5) is 0 Å². The molecule has 1 atom stereocenters. The minimum absolute atomic E-state index is 0.0195. The second kappa shape index (κ2) is 5.57. The fourth-order valence-corrected chi connectivity index (χ4v) is 4.83. The van der Waals surface area contributed by atoms with Gasteiger partial charge in [0.2, 0.25) is 0 Å². The lowest BCUT2D eigenvalue weighted by molar-refractivity contribution is -0.147. The van der Waals surface area contributed by atoms with Crippen LogP contribution in [-0.4, -0.2) is 23.1 Å². The van der Waals surface area contributed by atoms with Crippen molar-refractivity contribution in [3.63, 3.8) is 0 Å². The highest BCUT2D eigenvalue weighted by Crippen LogP contribution is 2.41. The Hall–Kier alpha value is -0.610. The van der Waals surface area contributed by atoms with Gasteiger partial charge in [-0.2, -0.15) is 0 Å². The molecule has 18 heavy (non-hydrogen) atoms. The van der Waals surface area contributed by atoms with E-state index in [1.54, 1.807) is 23.5 Å². The van der Waals surface area contributed by atoms with Gasteiger partial charge in [-0.1, -0.05) is 12.1 Å². The first-order chi connectivity index (χ1) is 8.83. The third kappa shape index (κ3) is 2.69. The maximum absolute atomic E-state index is 12.1. The highest BCUT2D eigenvalue weighted by molar-refractivity contribution is 8.06. The quantitative estimate of drug-likeness (QED) is 0.771. The second-order valence-electron chi connectivity index (χ2n) is 4.71. The van der Waals surface area contributed by atoms with Crippen molar-refractivity contribution in [3.05, 3.63) is 24.3 Å². The Bertz CT molecular complexity index is 441. The molecule has 1 aromatic rings. The zero-order valence-electron chi connectivity index (χ0n) is 10.1. The summed E-state index contributed by atoms with van der Waals surface area (Å²) in [6, 6.07) is 8.27. The standard InChI is InChI=1S/C14H16O2S2/c15-14(16-10-5-1-2-6-10)13-9-17-11-7-3-4-8-12(11)18-13/h3-4,7-8,10,13H,1-2,5-6,9H2. The first-order valence-corrected chi connectivity index (χ1v) is 8.28.